The van der Waals surface area contributed by atoms with E-state index in [0.717, 1.165) is 24.1 Å². The van der Waals surface area contributed by atoms with Gasteiger partial charge in [-0.3, -0.25) is 14.4 Å². The quantitative estimate of drug-likeness (QED) is 0.700. The highest BCUT2D eigenvalue weighted by molar-refractivity contribution is 6.02. The van der Waals surface area contributed by atoms with Crippen LogP contribution in [0, 0.1) is 0 Å². The van der Waals surface area contributed by atoms with Gasteiger partial charge in [-0.25, -0.2) is 5.01 Å². The first-order valence-corrected chi connectivity index (χ1v) is 9.06. The monoisotopic (exact) mass is 358 g/mol. The van der Waals surface area contributed by atoms with Gasteiger partial charge in [-0.2, -0.15) is 5.10 Å². The third kappa shape index (κ3) is 6.31. The van der Waals surface area contributed by atoms with Crippen molar-refractivity contribution in [2.45, 2.75) is 39.0 Å². The lowest BCUT2D eigenvalue weighted by Gasteiger charge is -2.11. The average molecular weight is 358 g/mol. The summed E-state index contributed by atoms with van der Waals surface area (Å²) in [6, 6.07) is 9.76. The van der Waals surface area contributed by atoms with E-state index >= 15 is 0 Å². The Labute approximate surface area is 153 Å². The number of amides is 3. The van der Waals surface area contributed by atoms with E-state index in [0.29, 0.717) is 13.1 Å². The SMILES string of the molecule is CCCNC(=O)CCNC(=O)CCC(=O)N1CCC(c2ccccc2)=N1. The number of carbonyl (C=O) groups excluding carboxylic acids is 3. The second-order valence-corrected chi connectivity index (χ2v) is 6.13. The van der Waals surface area contributed by atoms with Crippen LogP contribution in [0.5, 0.6) is 0 Å². The number of nitrogens with one attached hydrogen (secondary N) is 2. The lowest BCUT2D eigenvalue weighted by molar-refractivity contribution is -0.133. The van der Waals surface area contributed by atoms with Crippen LogP contribution in [0.2, 0.25) is 0 Å². The predicted octanol–water partition coefficient (Wildman–Crippen LogP) is 1.44. The first-order valence-electron chi connectivity index (χ1n) is 9.06. The highest BCUT2D eigenvalue weighted by atomic mass is 16.2. The molecule has 0 bridgehead atoms. The second kappa shape index (κ2) is 10.3. The zero-order valence-corrected chi connectivity index (χ0v) is 15.2. The van der Waals surface area contributed by atoms with E-state index in [4.69, 9.17) is 0 Å². The van der Waals surface area contributed by atoms with E-state index in [1.54, 1.807) is 0 Å². The van der Waals surface area contributed by atoms with Crippen LogP contribution in [0.4, 0.5) is 0 Å². The summed E-state index contributed by atoms with van der Waals surface area (Å²) in [4.78, 5) is 35.4. The van der Waals surface area contributed by atoms with Gasteiger partial charge in [0.2, 0.25) is 17.7 Å². The van der Waals surface area contributed by atoms with Crippen molar-refractivity contribution in [3.8, 4) is 0 Å². The van der Waals surface area contributed by atoms with Crippen molar-refractivity contribution in [1.29, 1.82) is 0 Å². The van der Waals surface area contributed by atoms with Crippen molar-refractivity contribution < 1.29 is 14.4 Å². The Hall–Kier alpha value is -2.70. The molecule has 2 N–H and O–H groups in total. The Morgan fingerprint density at radius 1 is 1.00 bits per heavy atom. The number of rotatable bonds is 9. The molecule has 7 heteroatoms. The summed E-state index contributed by atoms with van der Waals surface area (Å²) in [5, 5.41) is 11.2. The molecule has 0 unspecified atom stereocenters. The Balaban J connectivity index is 1.68. The molecule has 1 aromatic carbocycles. The van der Waals surface area contributed by atoms with Crippen LogP contribution in [0.1, 0.15) is 44.6 Å². The van der Waals surface area contributed by atoms with Crippen LogP contribution in [-0.2, 0) is 14.4 Å². The number of benzene rings is 1. The molecule has 0 radical (unpaired) electrons. The molecule has 0 aliphatic carbocycles. The Morgan fingerprint density at radius 3 is 2.42 bits per heavy atom. The number of hydrazone groups is 1. The summed E-state index contributed by atoms with van der Waals surface area (Å²) in [7, 11) is 0. The van der Waals surface area contributed by atoms with Gasteiger partial charge in [-0.1, -0.05) is 37.3 Å². The van der Waals surface area contributed by atoms with Crippen molar-refractivity contribution in [3.05, 3.63) is 35.9 Å². The van der Waals surface area contributed by atoms with Crippen molar-refractivity contribution in [2.75, 3.05) is 19.6 Å². The zero-order valence-electron chi connectivity index (χ0n) is 15.2. The molecule has 0 fully saturated rings. The standard InChI is InChI=1S/C19H26N4O3/c1-2-12-20-18(25)10-13-21-17(24)8-9-19(26)23-14-11-16(22-23)15-6-4-3-5-7-15/h3-7H,2,8-14H2,1H3,(H,20,25)(H,21,24). The molecule has 2 rings (SSSR count). The van der Waals surface area contributed by atoms with Gasteiger partial charge in [0.1, 0.15) is 0 Å². The van der Waals surface area contributed by atoms with Crippen LogP contribution in [0.3, 0.4) is 0 Å². The lowest BCUT2D eigenvalue weighted by atomic mass is 10.1. The van der Waals surface area contributed by atoms with E-state index in [1.807, 2.05) is 37.3 Å². The van der Waals surface area contributed by atoms with Crippen LogP contribution < -0.4 is 10.6 Å². The topological polar surface area (TPSA) is 90.9 Å². The summed E-state index contributed by atoms with van der Waals surface area (Å²) in [5.41, 5.74) is 1.91. The molecular weight excluding hydrogens is 332 g/mol. The number of hydrogen-bond donors (Lipinski definition) is 2. The minimum absolute atomic E-state index is 0.0805. The maximum atomic E-state index is 12.2. The van der Waals surface area contributed by atoms with E-state index in [2.05, 4.69) is 15.7 Å². The van der Waals surface area contributed by atoms with E-state index < -0.39 is 0 Å². The molecule has 7 nitrogen and oxygen atoms in total. The highest BCUT2D eigenvalue weighted by Crippen LogP contribution is 2.14. The fourth-order valence-electron chi connectivity index (χ4n) is 2.58. The van der Waals surface area contributed by atoms with Crippen molar-refractivity contribution in [3.63, 3.8) is 0 Å². The average Bonchev–Trinajstić information content (AvgIpc) is 3.15. The van der Waals surface area contributed by atoms with Gasteiger partial charge in [0.15, 0.2) is 0 Å². The molecule has 1 heterocycles. The largest absolute Gasteiger partial charge is 0.356 e. The van der Waals surface area contributed by atoms with E-state index in [1.165, 1.54) is 5.01 Å². The fraction of sp³-hybridized carbons (Fsp3) is 0.474. The highest BCUT2D eigenvalue weighted by Gasteiger charge is 2.21. The third-order valence-corrected chi connectivity index (χ3v) is 4.01. The first kappa shape index (κ1) is 19.6. The maximum Gasteiger partial charge on any atom is 0.243 e. The minimum Gasteiger partial charge on any atom is -0.356 e. The molecule has 140 valence electrons. The van der Waals surface area contributed by atoms with Crippen LogP contribution in [-0.4, -0.2) is 48.1 Å². The summed E-state index contributed by atoms with van der Waals surface area (Å²) < 4.78 is 0. The Morgan fingerprint density at radius 2 is 1.69 bits per heavy atom. The second-order valence-electron chi connectivity index (χ2n) is 6.13. The van der Waals surface area contributed by atoms with Crippen LogP contribution in [0.25, 0.3) is 0 Å². The van der Waals surface area contributed by atoms with E-state index in [-0.39, 0.29) is 43.5 Å². The molecule has 0 saturated heterocycles. The van der Waals surface area contributed by atoms with Gasteiger partial charge < -0.3 is 10.6 Å². The Kier molecular flexibility index (Phi) is 7.79. The molecular formula is C19H26N4O3. The molecule has 0 atom stereocenters. The number of carbonyl (C=O) groups is 3. The van der Waals surface area contributed by atoms with E-state index in [9.17, 15) is 14.4 Å². The maximum absolute atomic E-state index is 12.2. The molecule has 0 spiro atoms. The van der Waals surface area contributed by atoms with Crippen molar-refractivity contribution in [2.24, 2.45) is 5.10 Å². The van der Waals surface area contributed by atoms with Gasteiger partial charge in [-0.05, 0) is 12.0 Å². The smallest absolute Gasteiger partial charge is 0.243 e. The zero-order chi connectivity index (χ0) is 18.8. The molecule has 1 aromatic rings. The minimum atomic E-state index is -0.229. The van der Waals surface area contributed by atoms with Gasteiger partial charge in [-0.15, -0.1) is 0 Å². The lowest BCUT2D eigenvalue weighted by Crippen LogP contribution is -2.32. The van der Waals surface area contributed by atoms with Gasteiger partial charge in [0, 0.05) is 38.8 Å². The van der Waals surface area contributed by atoms with Gasteiger partial charge in [0.05, 0.1) is 12.3 Å². The first-order chi connectivity index (χ1) is 12.6. The van der Waals surface area contributed by atoms with Crippen molar-refractivity contribution in [1.82, 2.24) is 15.6 Å². The summed E-state index contributed by atoms with van der Waals surface area (Å²) in [6.07, 6.45) is 2.05. The van der Waals surface area contributed by atoms with Gasteiger partial charge in [0.25, 0.3) is 0 Å². The van der Waals surface area contributed by atoms with Gasteiger partial charge >= 0.3 is 0 Å². The fourth-order valence-corrected chi connectivity index (χ4v) is 2.58. The molecule has 1 aliphatic heterocycles. The molecule has 1 aliphatic rings. The third-order valence-electron chi connectivity index (χ3n) is 4.01. The molecule has 0 saturated carbocycles. The summed E-state index contributed by atoms with van der Waals surface area (Å²) in [6.45, 7) is 3.44. The van der Waals surface area contributed by atoms with Crippen LogP contribution >= 0.6 is 0 Å². The predicted molar refractivity (Wildman–Crippen MR) is 99.5 cm³/mol. The molecule has 3 amide bonds. The Bertz CT molecular complexity index is 658. The van der Waals surface area contributed by atoms with Crippen molar-refractivity contribution >= 4 is 23.4 Å². The normalized spacial score (nSPS) is 13.3. The molecule has 26 heavy (non-hydrogen) atoms. The van der Waals surface area contributed by atoms with Crippen LogP contribution in [0.15, 0.2) is 35.4 Å². The number of hydrogen-bond acceptors (Lipinski definition) is 4. The summed E-state index contributed by atoms with van der Waals surface area (Å²) in [5.74, 6) is -0.469. The number of nitrogens with zero attached hydrogens (tertiary/aromatic N) is 2. The molecule has 0 aromatic heterocycles. The summed E-state index contributed by atoms with van der Waals surface area (Å²) >= 11 is 0.